The summed E-state index contributed by atoms with van der Waals surface area (Å²) in [7, 11) is 0. The van der Waals surface area contributed by atoms with E-state index < -0.39 is 17.3 Å². The van der Waals surface area contributed by atoms with Gasteiger partial charge in [-0.25, -0.2) is 23.5 Å². The molecule has 3 heterocycles. The molecule has 0 aliphatic heterocycles. The number of unbranched alkanes of at least 4 members (excludes halogenated alkanes) is 1. The lowest BCUT2D eigenvalue weighted by Crippen LogP contribution is -2.18. The average molecular weight is 516 g/mol. The standard InChI is InChI=1S/C25H21F2N7O2.C2H2/c1-2-36-22-15(6-5-7-17(22)27)13-33-23-21(31-25(33)35)19(8-3-4-11-28)30-24(32-23)34-14-29-18-10-9-16(26)12-20(18)34;1-2/h5-7,9-10,12,14H,2-4,8,13H2,1H3,(H,31,35);1-2H. The number of ether oxygens (including phenoxy) is 1. The number of imidazole rings is 2. The van der Waals surface area contributed by atoms with Gasteiger partial charge >= 0.3 is 5.69 Å². The lowest BCUT2D eigenvalue weighted by Gasteiger charge is -2.12. The number of hydrogen-bond donors (Lipinski definition) is 1. The third-order valence-electron chi connectivity index (χ3n) is 5.78. The fraction of sp³-hybridized carbons (Fsp3) is 0.222. The minimum atomic E-state index is -0.526. The molecule has 5 rings (SSSR count). The molecule has 0 saturated heterocycles. The van der Waals surface area contributed by atoms with Crippen LogP contribution in [0.15, 0.2) is 47.5 Å². The van der Waals surface area contributed by atoms with Gasteiger partial charge in [0.1, 0.15) is 17.7 Å². The predicted molar refractivity (Wildman–Crippen MR) is 138 cm³/mol. The lowest BCUT2D eigenvalue weighted by molar-refractivity contribution is 0.317. The normalized spacial score (nSPS) is 10.7. The number of nitrogens with one attached hydrogen (secondary N) is 1. The van der Waals surface area contributed by atoms with E-state index in [1.807, 2.05) is 0 Å². The molecule has 0 atom stereocenters. The van der Waals surface area contributed by atoms with Crippen LogP contribution in [0.2, 0.25) is 0 Å². The van der Waals surface area contributed by atoms with Gasteiger partial charge in [0.25, 0.3) is 0 Å². The Bertz CT molecular complexity index is 1730. The van der Waals surface area contributed by atoms with Crippen molar-refractivity contribution in [1.29, 1.82) is 5.26 Å². The maximum atomic E-state index is 14.4. The zero-order valence-corrected chi connectivity index (χ0v) is 20.5. The number of H-pyrrole nitrogens is 1. The second-order valence-corrected chi connectivity index (χ2v) is 8.11. The monoisotopic (exact) mass is 515 g/mol. The van der Waals surface area contributed by atoms with Crippen LogP contribution in [0, 0.1) is 35.8 Å². The number of aryl methyl sites for hydroxylation is 1. The molecule has 0 unspecified atom stereocenters. The third kappa shape index (κ3) is 4.95. The van der Waals surface area contributed by atoms with E-state index in [9.17, 15) is 13.6 Å². The van der Waals surface area contributed by atoms with E-state index in [-0.39, 0.29) is 24.8 Å². The number of halogens is 2. The number of benzene rings is 2. The summed E-state index contributed by atoms with van der Waals surface area (Å²) in [5.41, 5.74) is 2.29. The summed E-state index contributed by atoms with van der Waals surface area (Å²) < 4.78 is 36.8. The van der Waals surface area contributed by atoms with Gasteiger partial charge in [-0.15, -0.1) is 12.8 Å². The Hall–Kier alpha value is -5.03. The van der Waals surface area contributed by atoms with Crippen molar-refractivity contribution >= 4 is 22.2 Å². The number of nitriles is 1. The summed E-state index contributed by atoms with van der Waals surface area (Å²) in [5, 5.41) is 8.98. The van der Waals surface area contributed by atoms with Gasteiger partial charge in [-0.3, -0.25) is 9.13 Å². The molecule has 11 heteroatoms. The van der Waals surface area contributed by atoms with Crippen molar-refractivity contribution in [2.24, 2.45) is 0 Å². The van der Waals surface area contributed by atoms with Crippen molar-refractivity contribution in [3.05, 3.63) is 76.1 Å². The van der Waals surface area contributed by atoms with E-state index in [0.717, 1.165) is 0 Å². The highest BCUT2D eigenvalue weighted by atomic mass is 19.1. The number of rotatable bonds is 8. The summed E-state index contributed by atoms with van der Waals surface area (Å²) in [6, 6.07) is 10.8. The van der Waals surface area contributed by atoms with Gasteiger partial charge in [0.15, 0.2) is 17.2 Å². The zero-order valence-electron chi connectivity index (χ0n) is 20.5. The quantitative estimate of drug-likeness (QED) is 0.244. The fourth-order valence-corrected chi connectivity index (χ4v) is 4.14. The maximum absolute atomic E-state index is 14.4. The van der Waals surface area contributed by atoms with E-state index in [2.05, 4.69) is 38.9 Å². The number of terminal acetylenes is 1. The molecule has 0 aliphatic rings. The van der Waals surface area contributed by atoms with Crippen molar-refractivity contribution in [2.45, 2.75) is 32.7 Å². The molecule has 0 bridgehead atoms. The van der Waals surface area contributed by atoms with Crippen LogP contribution in [0.5, 0.6) is 5.75 Å². The Kier molecular flexibility index (Phi) is 7.78. The van der Waals surface area contributed by atoms with Crippen LogP contribution >= 0.6 is 0 Å². The molecule has 2 aromatic carbocycles. The molecule has 0 aliphatic carbocycles. The fourth-order valence-electron chi connectivity index (χ4n) is 4.14. The van der Waals surface area contributed by atoms with Crippen molar-refractivity contribution in [2.75, 3.05) is 6.61 Å². The Morgan fingerprint density at radius 2 is 2.00 bits per heavy atom. The van der Waals surface area contributed by atoms with Crippen molar-refractivity contribution in [3.63, 3.8) is 0 Å². The highest BCUT2D eigenvalue weighted by Gasteiger charge is 2.19. The van der Waals surface area contributed by atoms with Crippen LogP contribution in [0.4, 0.5) is 8.78 Å². The van der Waals surface area contributed by atoms with Gasteiger partial charge < -0.3 is 9.72 Å². The number of fused-ring (bicyclic) bond motifs is 2. The average Bonchev–Trinajstić information content (AvgIpc) is 3.47. The molecule has 1 N–H and O–H groups in total. The second kappa shape index (κ2) is 11.4. The summed E-state index contributed by atoms with van der Waals surface area (Å²) in [6.07, 6.45) is 10.7. The van der Waals surface area contributed by atoms with Gasteiger partial charge in [0.2, 0.25) is 5.95 Å². The van der Waals surface area contributed by atoms with Crippen LogP contribution in [0.1, 0.15) is 31.0 Å². The van der Waals surface area contributed by atoms with Crippen LogP contribution in [0.3, 0.4) is 0 Å². The van der Waals surface area contributed by atoms with Gasteiger partial charge in [-0.2, -0.15) is 10.2 Å². The van der Waals surface area contributed by atoms with Crippen LogP contribution in [-0.4, -0.2) is 35.7 Å². The Morgan fingerprint density at radius 1 is 1.18 bits per heavy atom. The number of nitrogens with zero attached hydrogens (tertiary/aromatic N) is 6. The molecule has 38 heavy (non-hydrogen) atoms. The van der Waals surface area contributed by atoms with Crippen LogP contribution in [0.25, 0.3) is 28.1 Å². The topological polar surface area (TPSA) is 114 Å². The predicted octanol–water partition coefficient (Wildman–Crippen LogP) is 4.28. The molecule has 0 radical (unpaired) electrons. The van der Waals surface area contributed by atoms with Crippen molar-refractivity contribution in [1.82, 2.24) is 29.1 Å². The molecule has 9 nitrogen and oxygen atoms in total. The number of para-hydroxylation sites is 1. The van der Waals surface area contributed by atoms with E-state index in [4.69, 9.17) is 10.00 Å². The molecule has 0 amide bonds. The molecular formula is C27H23F2N7O2. The largest absolute Gasteiger partial charge is 0.490 e. The minimum absolute atomic E-state index is 0.000675. The van der Waals surface area contributed by atoms with Crippen molar-refractivity contribution < 1.29 is 13.5 Å². The summed E-state index contributed by atoms with van der Waals surface area (Å²) in [6.45, 7) is 2.01. The molecule has 192 valence electrons. The van der Waals surface area contributed by atoms with Gasteiger partial charge in [-0.1, -0.05) is 12.1 Å². The lowest BCUT2D eigenvalue weighted by atomic mass is 10.1. The zero-order chi connectivity index (χ0) is 27.2. The van der Waals surface area contributed by atoms with E-state index in [0.29, 0.717) is 52.7 Å². The first-order chi connectivity index (χ1) is 18.5. The summed E-state index contributed by atoms with van der Waals surface area (Å²) in [5.74, 6) is -0.699. The molecule has 0 saturated carbocycles. The molecule has 3 aromatic heterocycles. The molecule has 0 fully saturated rings. The van der Waals surface area contributed by atoms with Gasteiger partial charge in [-0.05, 0) is 38.0 Å². The van der Waals surface area contributed by atoms with E-state index in [1.54, 1.807) is 29.7 Å². The minimum Gasteiger partial charge on any atom is -0.490 e. The number of hydrogen-bond acceptors (Lipinski definition) is 6. The van der Waals surface area contributed by atoms with Gasteiger partial charge in [0.05, 0.1) is 35.9 Å². The number of aromatic amines is 1. The SMILES string of the molecule is C#C.CCOc1c(F)cccc1Cn1c(=O)[nH]c2c(CCCC#N)nc(-n3cnc4ccc(F)cc43)nc21. The first kappa shape index (κ1) is 26.0. The van der Waals surface area contributed by atoms with E-state index >= 15 is 0 Å². The third-order valence-corrected chi connectivity index (χ3v) is 5.78. The Morgan fingerprint density at radius 3 is 2.76 bits per heavy atom. The summed E-state index contributed by atoms with van der Waals surface area (Å²) in [4.78, 5) is 29.4. The van der Waals surface area contributed by atoms with Crippen molar-refractivity contribution in [3.8, 4) is 30.6 Å². The van der Waals surface area contributed by atoms with E-state index in [1.165, 1.54) is 29.1 Å². The molecular weight excluding hydrogens is 492 g/mol. The first-order valence-corrected chi connectivity index (χ1v) is 11.7. The molecule has 5 aromatic rings. The highest BCUT2D eigenvalue weighted by Crippen LogP contribution is 2.26. The second-order valence-electron chi connectivity index (χ2n) is 8.11. The Labute approximate surface area is 216 Å². The Balaban J connectivity index is 0.00000164. The first-order valence-electron chi connectivity index (χ1n) is 11.7. The summed E-state index contributed by atoms with van der Waals surface area (Å²) >= 11 is 0. The highest BCUT2D eigenvalue weighted by molar-refractivity contribution is 5.78. The van der Waals surface area contributed by atoms with Crippen LogP contribution < -0.4 is 10.4 Å². The smallest absolute Gasteiger partial charge is 0.328 e. The number of aromatic nitrogens is 6. The van der Waals surface area contributed by atoms with Gasteiger partial charge in [0, 0.05) is 18.1 Å². The molecule has 0 spiro atoms. The maximum Gasteiger partial charge on any atom is 0.328 e. The van der Waals surface area contributed by atoms with Crippen LogP contribution in [-0.2, 0) is 13.0 Å².